The summed E-state index contributed by atoms with van der Waals surface area (Å²) < 4.78 is 0. The molecule has 0 radical (unpaired) electrons. The van der Waals surface area contributed by atoms with Gasteiger partial charge in [-0.15, -0.1) is 0 Å². The van der Waals surface area contributed by atoms with Gasteiger partial charge < -0.3 is 10.4 Å². The van der Waals surface area contributed by atoms with Crippen LogP contribution in [0.25, 0.3) is 0 Å². The Balaban J connectivity index is 1.62. The van der Waals surface area contributed by atoms with Crippen molar-refractivity contribution < 1.29 is 9.90 Å². The van der Waals surface area contributed by atoms with E-state index in [4.69, 9.17) is 0 Å². The standard InChI is InChI=1S/C18H20N2O2/c1-12-6-14-9-20(10-15(14)7-13(12)2)11-18(22)19-16-4-3-5-17(21)8-16/h3-8,21H,9-11H2,1-2H3,(H,19,22). The van der Waals surface area contributed by atoms with Gasteiger partial charge >= 0.3 is 0 Å². The molecule has 0 unspecified atom stereocenters. The van der Waals surface area contributed by atoms with E-state index >= 15 is 0 Å². The van der Waals surface area contributed by atoms with Gasteiger partial charge in [0, 0.05) is 24.8 Å². The Hall–Kier alpha value is -2.33. The largest absolute Gasteiger partial charge is 0.508 e. The molecule has 0 bridgehead atoms. The van der Waals surface area contributed by atoms with Crippen LogP contribution in [-0.2, 0) is 17.9 Å². The Labute approximate surface area is 130 Å². The van der Waals surface area contributed by atoms with Gasteiger partial charge in [-0.25, -0.2) is 0 Å². The van der Waals surface area contributed by atoms with Crippen molar-refractivity contribution in [1.82, 2.24) is 4.90 Å². The molecule has 0 fully saturated rings. The van der Waals surface area contributed by atoms with E-state index in [0.29, 0.717) is 12.2 Å². The molecular weight excluding hydrogens is 276 g/mol. The fourth-order valence-electron chi connectivity index (χ4n) is 2.87. The Morgan fingerprint density at radius 2 is 1.77 bits per heavy atom. The van der Waals surface area contributed by atoms with Crippen LogP contribution in [0.3, 0.4) is 0 Å². The first-order valence-corrected chi connectivity index (χ1v) is 7.41. The summed E-state index contributed by atoms with van der Waals surface area (Å²) in [6, 6.07) is 11.0. The Bertz CT molecular complexity index is 694. The van der Waals surface area contributed by atoms with E-state index in [1.54, 1.807) is 24.3 Å². The summed E-state index contributed by atoms with van der Waals surface area (Å²) in [4.78, 5) is 14.3. The molecule has 2 N–H and O–H groups in total. The highest BCUT2D eigenvalue weighted by atomic mass is 16.3. The highest BCUT2D eigenvalue weighted by Gasteiger charge is 2.21. The number of carbonyl (C=O) groups is 1. The zero-order valence-corrected chi connectivity index (χ0v) is 12.9. The molecule has 2 aromatic carbocycles. The van der Waals surface area contributed by atoms with Crippen LogP contribution in [0.5, 0.6) is 5.75 Å². The highest BCUT2D eigenvalue weighted by Crippen LogP contribution is 2.25. The van der Waals surface area contributed by atoms with Gasteiger partial charge in [0.2, 0.25) is 5.91 Å². The lowest BCUT2D eigenvalue weighted by atomic mass is 10.0. The molecule has 2 aromatic rings. The number of benzene rings is 2. The topological polar surface area (TPSA) is 52.6 Å². The summed E-state index contributed by atoms with van der Waals surface area (Å²) in [5.41, 5.74) is 5.84. The van der Waals surface area contributed by atoms with Crippen LogP contribution in [0.1, 0.15) is 22.3 Å². The molecule has 4 heteroatoms. The third-order valence-corrected chi connectivity index (χ3v) is 4.10. The van der Waals surface area contributed by atoms with Crippen molar-refractivity contribution in [2.24, 2.45) is 0 Å². The lowest BCUT2D eigenvalue weighted by Crippen LogP contribution is -2.29. The Morgan fingerprint density at radius 1 is 1.14 bits per heavy atom. The van der Waals surface area contributed by atoms with Crippen molar-refractivity contribution in [1.29, 1.82) is 0 Å². The van der Waals surface area contributed by atoms with Crippen LogP contribution in [-0.4, -0.2) is 22.5 Å². The predicted octanol–water partition coefficient (Wildman–Crippen LogP) is 2.96. The van der Waals surface area contributed by atoms with Gasteiger partial charge in [0.25, 0.3) is 0 Å². The first kappa shape index (κ1) is 14.6. The van der Waals surface area contributed by atoms with Crippen LogP contribution in [0, 0.1) is 13.8 Å². The number of hydrogen-bond acceptors (Lipinski definition) is 3. The lowest BCUT2D eigenvalue weighted by molar-refractivity contribution is -0.117. The quantitative estimate of drug-likeness (QED) is 0.915. The van der Waals surface area contributed by atoms with Crippen molar-refractivity contribution in [3.63, 3.8) is 0 Å². The molecule has 22 heavy (non-hydrogen) atoms. The summed E-state index contributed by atoms with van der Waals surface area (Å²) in [5, 5.41) is 12.2. The number of fused-ring (bicyclic) bond motifs is 1. The van der Waals surface area contributed by atoms with E-state index in [2.05, 4.69) is 36.2 Å². The summed E-state index contributed by atoms with van der Waals surface area (Å²) in [7, 11) is 0. The van der Waals surface area contributed by atoms with E-state index in [1.807, 2.05) is 0 Å². The number of nitrogens with zero attached hydrogens (tertiary/aromatic N) is 1. The number of phenols is 1. The second-order valence-corrected chi connectivity index (χ2v) is 5.95. The Morgan fingerprint density at radius 3 is 2.36 bits per heavy atom. The van der Waals surface area contributed by atoms with Crippen LogP contribution < -0.4 is 5.32 Å². The number of aromatic hydroxyl groups is 1. The molecule has 1 aliphatic rings. The van der Waals surface area contributed by atoms with Crippen LogP contribution in [0.4, 0.5) is 5.69 Å². The number of anilines is 1. The summed E-state index contributed by atoms with van der Waals surface area (Å²) in [6.45, 7) is 6.20. The third kappa shape index (κ3) is 3.12. The predicted molar refractivity (Wildman–Crippen MR) is 86.8 cm³/mol. The maximum Gasteiger partial charge on any atom is 0.238 e. The SMILES string of the molecule is Cc1cc2c(cc1C)CN(CC(=O)Nc1cccc(O)c1)C2. The van der Waals surface area contributed by atoms with Crippen molar-refractivity contribution in [3.8, 4) is 5.75 Å². The summed E-state index contributed by atoms with van der Waals surface area (Å²) in [6.07, 6.45) is 0. The number of amides is 1. The second kappa shape index (κ2) is 5.81. The van der Waals surface area contributed by atoms with E-state index < -0.39 is 0 Å². The maximum atomic E-state index is 12.1. The molecule has 114 valence electrons. The normalized spacial score (nSPS) is 13.9. The van der Waals surface area contributed by atoms with Crippen LogP contribution in [0.2, 0.25) is 0 Å². The molecule has 1 aliphatic heterocycles. The molecule has 4 nitrogen and oxygen atoms in total. The molecule has 0 spiro atoms. The molecule has 0 aliphatic carbocycles. The fraction of sp³-hybridized carbons (Fsp3) is 0.278. The van der Waals surface area contributed by atoms with E-state index in [1.165, 1.54) is 22.3 Å². The van der Waals surface area contributed by atoms with Gasteiger partial charge in [-0.05, 0) is 48.2 Å². The first-order chi connectivity index (χ1) is 10.5. The Kier molecular flexibility index (Phi) is 3.86. The number of aryl methyl sites for hydroxylation is 2. The van der Waals surface area contributed by atoms with E-state index in [9.17, 15) is 9.90 Å². The number of carbonyl (C=O) groups excluding carboxylic acids is 1. The molecule has 0 saturated carbocycles. The monoisotopic (exact) mass is 296 g/mol. The van der Waals surface area contributed by atoms with Crippen molar-refractivity contribution in [3.05, 3.63) is 58.7 Å². The molecule has 0 aromatic heterocycles. The second-order valence-electron chi connectivity index (χ2n) is 5.95. The van der Waals surface area contributed by atoms with Gasteiger partial charge in [0.1, 0.15) is 5.75 Å². The zero-order chi connectivity index (χ0) is 15.7. The molecule has 3 rings (SSSR count). The number of phenolic OH excluding ortho intramolecular Hbond substituents is 1. The molecule has 0 saturated heterocycles. The number of rotatable bonds is 3. The van der Waals surface area contributed by atoms with Crippen LogP contribution in [0.15, 0.2) is 36.4 Å². The van der Waals surface area contributed by atoms with Gasteiger partial charge in [-0.2, -0.15) is 0 Å². The molecule has 1 heterocycles. The van der Waals surface area contributed by atoms with Gasteiger partial charge in [0.05, 0.1) is 6.54 Å². The molecule has 0 atom stereocenters. The minimum Gasteiger partial charge on any atom is -0.508 e. The smallest absolute Gasteiger partial charge is 0.238 e. The fourth-order valence-corrected chi connectivity index (χ4v) is 2.87. The van der Waals surface area contributed by atoms with Crippen molar-refractivity contribution >= 4 is 11.6 Å². The summed E-state index contributed by atoms with van der Waals surface area (Å²) >= 11 is 0. The molecular formula is C18H20N2O2. The average molecular weight is 296 g/mol. The van der Waals surface area contributed by atoms with Gasteiger partial charge in [-0.1, -0.05) is 18.2 Å². The van der Waals surface area contributed by atoms with Gasteiger partial charge in [-0.3, -0.25) is 9.69 Å². The number of hydrogen-bond donors (Lipinski definition) is 2. The van der Waals surface area contributed by atoms with E-state index in [0.717, 1.165) is 13.1 Å². The van der Waals surface area contributed by atoms with Gasteiger partial charge in [0.15, 0.2) is 0 Å². The minimum atomic E-state index is -0.0631. The molecule has 1 amide bonds. The first-order valence-electron chi connectivity index (χ1n) is 7.41. The summed E-state index contributed by atoms with van der Waals surface area (Å²) in [5.74, 6) is 0.0872. The maximum absolute atomic E-state index is 12.1. The number of nitrogens with one attached hydrogen (secondary N) is 1. The average Bonchev–Trinajstić information content (AvgIpc) is 2.80. The van der Waals surface area contributed by atoms with Crippen molar-refractivity contribution in [2.45, 2.75) is 26.9 Å². The zero-order valence-electron chi connectivity index (χ0n) is 12.9. The van der Waals surface area contributed by atoms with E-state index in [-0.39, 0.29) is 11.7 Å². The minimum absolute atomic E-state index is 0.0631. The highest BCUT2D eigenvalue weighted by molar-refractivity contribution is 5.92. The van der Waals surface area contributed by atoms with Crippen LogP contribution >= 0.6 is 0 Å². The third-order valence-electron chi connectivity index (χ3n) is 4.10. The lowest BCUT2D eigenvalue weighted by Gasteiger charge is -2.14. The van der Waals surface area contributed by atoms with Crippen molar-refractivity contribution in [2.75, 3.05) is 11.9 Å².